The third-order valence-corrected chi connectivity index (χ3v) is 3.37. The van der Waals surface area contributed by atoms with Crippen LogP contribution in [0, 0.1) is 12.3 Å². The van der Waals surface area contributed by atoms with Gasteiger partial charge < -0.3 is 5.32 Å². The maximum atomic E-state index is 4.39. The van der Waals surface area contributed by atoms with Gasteiger partial charge in [0.1, 0.15) is 0 Å². The zero-order chi connectivity index (χ0) is 12.2. The molecule has 1 aromatic rings. The minimum absolute atomic E-state index is 0.257. The zero-order valence-electron chi connectivity index (χ0n) is 11.2. The van der Waals surface area contributed by atoms with Crippen LogP contribution in [0.15, 0.2) is 18.3 Å². The van der Waals surface area contributed by atoms with E-state index >= 15 is 0 Å². The van der Waals surface area contributed by atoms with Crippen LogP contribution in [0.1, 0.15) is 51.4 Å². The van der Waals surface area contributed by atoms with Gasteiger partial charge in [0.05, 0.1) is 0 Å². The van der Waals surface area contributed by atoms with Gasteiger partial charge >= 0.3 is 0 Å². The van der Waals surface area contributed by atoms with Crippen molar-refractivity contribution < 1.29 is 0 Å². The van der Waals surface area contributed by atoms with Crippen molar-refractivity contribution in [3.05, 3.63) is 29.6 Å². The van der Waals surface area contributed by atoms with Crippen molar-refractivity contribution in [2.24, 2.45) is 5.41 Å². The maximum absolute atomic E-state index is 4.39. The van der Waals surface area contributed by atoms with E-state index in [1.807, 2.05) is 13.1 Å². The van der Waals surface area contributed by atoms with E-state index in [1.165, 1.54) is 5.56 Å². The highest BCUT2D eigenvalue weighted by molar-refractivity contribution is 5.19. The van der Waals surface area contributed by atoms with Gasteiger partial charge in [0.2, 0.25) is 0 Å². The molecular formula is C14H24N2. The van der Waals surface area contributed by atoms with Gasteiger partial charge in [-0.15, -0.1) is 0 Å². The van der Waals surface area contributed by atoms with Crippen molar-refractivity contribution in [2.75, 3.05) is 6.54 Å². The van der Waals surface area contributed by atoms with Gasteiger partial charge in [-0.25, -0.2) is 0 Å². The molecular weight excluding hydrogens is 196 g/mol. The number of nitrogens with one attached hydrogen (secondary N) is 1. The SMILES string of the molecule is CCNC(c1ccc(C)nc1)C(C)(C)CC. The number of rotatable bonds is 5. The van der Waals surface area contributed by atoms with E-state index in [0.29, 0.717) is 6.04 Å². The minimum Gasteiger partial charge on any atom is -0.310 e. The summed E-state index contributed by atoms with van der Waals surface area (Å²) in [6.07, 6.45) is 3.15. The first-order chi connectivity index (χ1) is 7.51. The van der Waals surface area contributed by atoms with E-state index in [4.69, 9.17) is 0 Å². The summed E-state index contributed by atoms with van der Waals surface area (Å²) >= 11 is 0. The molecule has 2 nitrogen and oxygen atoms in total. The Morgan fingerprint density at radius 1 is 1.31 bits per heavy atom. The average molecular weight is 220 g/mol. The van der Waals surface area contributed by atoms with Crippen LogP contribution >= 0.6 is 0 Å². The normalized spacial score (nSPS) is 13.8. The molecule has 90 valence electrons. The Kier molecular flexibility index (Phi) is 4.48. The van der Waals surface area contributed by atoms with Gasteiger partial charge in [0.25, 0.3) is 0 Å². The third kappa shape index (κ3) is 3.05. The number of aryl methyl sites for hydroxylation is 1. The molecule has 16 heavy (non-hydrogen) atoms. The highest BCUT2D eigenvalue weighted by Gasteiger charge is 2.28. The largest absolute Gasteiger partial charge is 0.310 e. The second-order valence-corrected chi connectivity index (χ2v) is 5.07. The Morgan fingerprint density at radius 3 is 2.44 bits per heavy atom. The maximum Gasteiger partial charge on any atom is 0.0387 e. The van der Waals surface area contributed by atoms with E-state index in [1.54, 1.807) is 0 Å². The first kappa shape index (κ1) is 13.2. The van der Waals surface area contributed by atoms with Crippen molar-refractivity contribution >= 4 is 0 Å². The van der Waals surface area contributed by atoms with Crippen molar-refractivity contribution in [1.29, 1.82) is 0 Å². The molecule has 1 aromatic heterocycles. The van der Waals surface area contributed by atoms with Gasteiger partial charge in [-0.05, 0) is 36.9 Å². The standard InChI is InChI=1S/C14H24N2/c1-6-14(4,5)13(15-7-2)12-9-8-11(3)16-10-12/h8-10,13,15H,6-7H2,1-5H3. The van der Waals surface area contributed by atoms with E-state index in [-0.39, 0.29) is 5.41 Å². The summed E-state index contributed by atoms with van der Waals surface area (Å²) < 4.78 is 0. The highest BCUT2D eigenvalue weighted by Crippen LogP contribution is 2.35. The van der Waals surface area contributed by atoms with Gasteiger partial charge in [-0.3, -0.25) is 4.98 Å². The predicted octanol–water partition coefficient (Wildman–Crippen LogP) is 3.48. The number of hydrogen-bond donors (Lipinski definition) is 1. The van der Waals surface area contributed by atoms with E-state index in [0.717, 1.165) is 18.7 Å². The lowest BCUT2D eigenvalue weighted by Gasteiger charge is -2.34. The number of hydrogen-bond acceptors (Lipinski definition) is 2. The van der Waals surface area contributed by atoms with Crippen LogP contribution in [-0.2, 0) is 0 Å². The van der Waals surface area contributed by atoms with Gasteiger partial charge in [0.15, 0.2) is 0 Å². The quantitative estimate of drug-likeness (QED) is 0.821. The molecule has 1 atom stereocenters. The Balaban J connectivity index is 2.97. The summed E-state index contributed by atoms with van der Waals surface area (Å²) in [5.41, 5.74) is 2.63. The lowest BCUT2D eigenvalue weighted by Crippen LogP contribution is -2.33. The Hall–Kier alpha value is -0.890. The van der Waals surface area contributed by atoms with E-state index in [9.17, 15) is 0 Å². The van der Waals surface area contributed by atoms with Crippen LogP contribution in [0.4, 0.5) is 0 Å². The lowest BCUT2D eigenvalue weighted by atomic mass is 9.78. The molecule has 0 aromatic carbocycles. The van der Waals surface area contributed by atoms with Crippen LogP contribution < -0.4 is 5.32 Å². The molecule has 0 radical (unpaired) electrons. The molecule has 1 N–H and O–H groups in total. The van der Waals surface area contributed by atoms with Crippen LogP contribution in [0.5, 0.6) is 0 Å². The van der Waals surface area contributed by atoms with Crippen LogP contribution in [0.2, 0.25) is 0 Å². The predicted molar refractivity (Wildman–Crippen MR) is 69.5 cm³/mol. The number of aromatic nitrogens is 1. The van der Waals surface area contributed by atoms with Crippen molar-refractivity contribution in [1.82, 2.24) is 10.3 Å². The molecule has 0 saturated carbocycles. The summed E-state index contributed by atoms with van der Waals surface area (Å²) in [6.45, 7) is 12.0. The first-order valence-corrected chi connectivity index (χ1v) is 6.17. The average Bonchev–Trinajstić information content (AvgIpc) is 2.27. The van der Waals surface area contributed by atoms with Crippen LogP contribution in [-0.4, -0.2) is 11.5 Å². The topological polar surface area (TPSA) is 24.9 Å². The third-order valence-electron chi connectivity index (χ3n) is 3.37. The van der Waals surface area contributed by atoms with Crippen LogP contribution in [0.3, 0.4) is 0 Å². The molecule has 2 heteroatoms. The highest BCUT2D eigenvalue weighted by atomic mass is 14.9. The lowest BCUT2D eigenvalue weighted by molar-refractivity contribution is 0.237. The van der Waals surface area contributed by atoms with Crippen molar-refractivity contribution in [3.8, 4) is 0 Å². The molecule has 1 rings (SSSR count). The molecule has 0 aliphatic heterocycles. The molecule has 0 fully saturated rings. The van der Waals surface area contributed by atoms with Gasteiger partial charge in [-0.2, -0.15) is 0 Å². The Bertz CT molecular complexity index is 314. The van der Waals surface area contributed by atoms with E-state index < -0.39 is 0 Å². The van der Waals surface area contributed by atoms with Gasteiger partial charge in [0, 0.05) is 17.9 Å². The second-order valence-electron chi connectivity index (χ2n) is 5.07. The molecule has 1 unspecified atom stereocenters. The van der Waals surface area contributed by atoms with Crippen molar-refractivity contribution in [2.45, 2.75) is 47.1 Å². The van der Waals surface area contributed by atoms with Gasteiger partial charge in [-0.1, -0.05) is 33.8 Å². The fourth-order valence-electron chi connectivity index (χ4n) is 1.90. The number of pyridine rings is 1. The molecule has 0 aliphatic rings. The zero-order valence-corrected chi connectivity index (χ0v) is 11.2. The molecule has 0 saturated heterocycles. The summed E-state index contributed by atoms with van der Waals surface area (Å²) in [5.74, 6) is 0. The summed E-state index contributed by atoms with van der Waals surface area (Å²) in [4.78, 5) is 4.39. The fraction of sp³-hybridized carbons (Fsp3) is 0.643. The molecule has 0 bridgehead atoms. The second kappa shape index (κ2) is 5.44. The molecule has 0 aliphatic carbocycles. The number of nitrogens with zero attached hydrogens (tertiary/aromatic N) is 1. The summed E-state index contributed by atoms with van der Waals surface area (Å²) in [6, 6.07) is 4.66. The first-order valence-electron chi connectivity index (χ1n) is 6.17. The minimum atomic E-state index is 0.257. The summed E-state index contributed by atoms with van der Waals surface area (Å²) in [5, 5.41) is 3.57. The van der Waals surface area contributed by atoms with Crippen molar-refractivity contribution in [3.63, 3.8) is 0 Å². The fourth-order valence-corrected chi connectivity index (χ4v) is 1.90. The van der Waals surface area contributed by atoms with E-state index in [2.05, 4.69) is 50.1 Å². The van der Waals surface area contributed by atoms with Crippen LogP contribution in [0.25, 0.3) is 0 Å². The molecule has 1 heterocycles. The molecule has 0 spiro atoms. The smallest absolute Gasteiger partial charge is 0.0387 e. The summed E-state index contributed by atoms with van der Waals surface area (Å²) in [7, 11) is 0. The monoisotopic (exact) mass is 220 g/mol. The Morgan fingerprint density at radius 2 is 2.00 bits per heavy atom. The Labute approximate surface area is 99.5 Å². The molecule has 0 amide bonds.